The third kappa shape index (κ3) is 9.86. The van der Waals surface area contributed by atoms with Crippen molar-refractivity contribution in [2.24, 2.45) is 21.8 Å². The number of hydrogen-bond acceptors (Lipinski definition) is 7. The van der Waals surface area contributed by atoms with Gasteiger partial charge < -0.3 is 0 Å². The molecule has 0 N–H and O–H groups in total. The van der Waals surface area contributed by atoms with Crippen LogP contribution in [-0.2, 0) is 22.7 Å². The number of thioether (sulfide) groups is 2. The molecule has 8 rings (SSSR count). The van der Waals surface area contributed by atoms with Crippen molar-refractivity contribution in [2.75, 3.05) is 24.7 Å². The summed E-state index contributed by atoms with van der Waals surface area (Å²) >= 11 is 9.01. The van der Waals surface area contributed by atoms with Crippen molar-refractivity contribution in [3.63, 3.8) is 0 Å². The minimum absolute atomic E-state index is 0.528. The number of allylic oxidation sites excluding steroid dienone is 7. The van der Waals surface area contributed by atoms with Crippen LogP contribution in [0.2, 0.25) is 0 Å². The Bertz CT molecular complexity index is 2780. The van der Waals surface area contributed by atoms with Gasteiger partial charge in [-0.3, -0.25) is 0 Å². The van der Waals surface area contributed by atoms with Gasteiger partial charge in [-0.2, -0.15) is 0 Å². The van der Waals surface area contributed by atoms with Gasteiger partial charge in [0.05, 0.1) is 4.88 Å². The van der Waals surface area contributed by atoms with Gasteiger partial charge in [0.1, 0.15) is 0 Å². The van der Waals surface area contributed by atoms with Gasteiger partial charge in [0, 0.05) is 16.4 Å². The number of thiophene rings is 2. The summed E-state index contributed by atoms with van der Waals surface area (Å²) in [6.07, 6.45) is 8.72. The Morgan fingerprint density at radius 1 is 0.703 bits per heavy atom. The van der Waals surface area contributed by atoms with Crippen molar-refractivity contribution in [3.8, 4) is 16.2 Å². The number of benzene rings is 3. The summed E-state index contributed by atoms with van der Waals surface area (Å²) in [5.41, 5.74) is 7.72. The number of aliphatic imine (C=N–C) groups is 2. The van der Waals surface area contributed by atoms with Crippen molar-refractivity contribution >= 4 is 86.9 Å². The number of fused-ring (bicyclic) bond motifs is 1. The van der Waals surface area contributed by atoms with Crippen LogP contribution >= 0.6 is 53.5 Å². The fourth-order valence-corrected chi connectivity index (χ4v) is 17.4. The first kappa shape index (κ1) is 46.4. The summed E-state index contributed by atoms with van der Waals surface area (Å²) in [7, 11) is -2.51. The molecule has 0 radical (unpaired) electrons. The van der Waals surface area contributed by atoms with Crippen LogP contribution in [0.1, 0.15) is 61.1 Å². The van der Waals surface area contributed by atoms with Crippen LogP contribution in [0.4, 0.5) is 0 Å². The molecule has 2 aromatic heterocycles. The second-order valence-electron chi connectivity index (χ2n) is 16.3. The molecule has 0 spiro atoms. The summed E-state index contributed by atoms with van der Waals surface area (Å²) in [4.78, 5) is 15.4. The van der Waals surface area contributed by atoms with E-state index in [0.29, 0.717) is 25.0 Å². The van der Waals surface area contributed by atoms with Crippen LogP contribution in [0, 0.1) is 28.0 Å². The quantitative estimate of drug-likeness (QED) is 0.0821. The van der Waals surface area contributed by atoms with Crippen molar-refractivity contribution in [2.45, 2.75) is 41.5 Å². The molecule has 0 unspecified atom stereocenters. The Balaban J connectivity index is 1.28. The van der Waals surface area contributed by atoms with Crippen LogP contribution in [0.3, 0.4) is 0 Å². The van der Waals surface area contributed by atoms with E-state index in [0.717, 1.165) is 59.2 Å². The summed E-state index contributed by atoms with van der Waals surface area (Å²) in [5.74, 6) is 10.5. The van der Waals surface area contributed by atoms with Gasteiger partial charge in [-0.05, 0) is 37.0 Å². The molecule has 1 fully saturated rings. The Morgan fingerprint density at radius 2 is 1.22 bits per heavy atom. The number of hydrogen-bond donors (Lipinski definition) is 0. The van der Waals surface area contributed by atoms with Gasteiger partial charge in [0.2, 0.25) is 0 Å². The van der Waals surface area contributed by atoms with Gasteiger partial charge in [0.15, 0.2) is 0 Å². The average Bonchev–Trinajstić information content (AvgIpc) is 4.17. The predicted octanol–water partition coefficient (Wildman–Crippen LogP) is 13.4. The molecule has 0 bridgehead atoms. The van der Waals surface area contributed by atoms with Crippen LogP contribution < -0.4 is 15.9 Å². The molecule has 3 nitrogen and oxygen atoms in total. The molecule has 64 heavy (non-hydrogen) atoms. The molecule has 0 saturated carbocycles. The van der Waals surface area contributed by atoms with Crippen molar-refractivity contribution in [3.05, 3.63) is 196 Å². The van der Waals surface area contributed by atoms with E-state index in [9.17, 15) is 0 Å². The van der Waals surface area contributed by atoms with Gasteiger partial charge in [-0.1, -0.05) is 33.8 Å². The summed E-state index contributed by atoms with van der Waals surface area (Å²) in [6.45, 7) is 14.4. The molecule has 323 valence electrons. The number of ether oxygens (including phenoxy) is 1. The topological polar surface area (TPSA) is 34.0 Å². The maximum absolute atomic E-state index is 6.05. The van der Waals surface area contributed by atoms with E-state index in [1.54, 1.807) is 40.6 Å². The first-order valence-electron chi connectivity index (χ1n) is 21.6. The summed E-state index contributed by atoms with van der Waals surface area (Å²) in [5, 5.41) is 7.04. The molecule has 3 aliphatic rings. The fourth-order valence-electron chi connectivity index (χ4n) is 7.81. The molecule has 3 aliphatic heterocycles. The van der Waals surface area contributed by atoms with Crippen LogP contribution in [-0.4, -0.2) is 36.1 Å². The van der Waals surface area contributed by atoms with E-state index in [1.165, 1.54) is 42.4 Å². The Labute approximate surface area is 406 Å². The Kier molecular flexibility index (Phi) is 15.6. The van der Waals surface area contributed by atoms with Crippen LogP contribution in [0.15, 0.2) is 187 Å². The van der Waals surface area contributed by atoms with E-state index in [1.807, 2.05) is 23.5 Å². The third-order valence-electron chi connectivity index (χ3n) is 10.7. The zero-order valence-electron chi connectivity index (χ0n) is 37.0. The SMILES string of the molecule is CC=C1COCC1=CC(C#Cc1ccc(C2=NC(SCC(C)C)=C3C(c4ccc(/C=C/C)s4)=NC(SCC(C)C)=C23)s1)=C([C]#[Os])[P+](c1ccccc1)(c1ccccc1)c1ccccc1. The summed E-state index contributed by atoms with van der Waals surface area (Å²) in [6, 6.07) is 41.8. The fraction of sp³-hybridized carbons (Fsp3) is 0.218. The Hall–Kier alpha value is -4.09. The molecule has 5 heterocycles. The number of nitrogens with zero attached hydrogens (tertiary/aromatic N) is 2. The van der Waals surface area contributed by atoms with Crippen molar-refractivity contribution in [1.29, 1.82) is 0 Å². The van der Waals surface area contributed by atoms with Gasteiger partial charge in [-0.15, -0.1) is 11.3 Å². The van der Waals surface area contributed by atoms with Crippen LogP contribution in [0.25, 0.3) is 6.08 Å². The third-order valence-corrected chi connectivity index (χ3v) is 21.0. The van der Waals surface area contributed by atoms with E-state index >= 15 is 0 Å². The Morgan fingerprint density at radius 3 is 1.72 bits per heavy atom. The second-order valence-corrected chi connectivity index (χ2v) is 24.5. The van der Waals surface area contributed by atoms with E-state index in [4.69, 9.17) is 14.7 Å². The molecule has 9 heteroatoms. The minimum atomic E-state index is -2.51. The van der Waals surface area contributed by atoms with E-state index in [-0.39, 0.29) is 0 Å². The molecule has 1 saturated heterocycles. The molecule has 0 amide bonds. The predicted molar refractivity (Wildman–Crippen MR) is 281 cm³/mol. The molecule has 0 aliphatic carbocycles. The molecule has 0 atom stereocenters. The van der Waals surface area contributed by atoms with Gasteiger partial charge in [-0.25, -0.2) is 0 Å². The van der Waals surface area contributed by atoms with Gasteiger partial charge in [0.25, 0.3) is 0 Å². The van der Waals surface area contributed by atoms with Crippen molar-refractivity contribution in [1.82, 2.24) is 0 Å². The van der Waals surface area contributed by atoms with E-state index in [2.05, 4.69) is 197 Å². The standard InChI is InChI=1S/C55H51N2OPS4.Os/c1-8-19-46-28-30-48(62-46)52-50-51(55(56-52)61-36-38(5)6)53(57-54(50)60-35-37(3)4)49-31-29-47(63-49)27-26-41(32-42-34-58-33-40(42)9-2)39(7)59(43-20-13-10-14-21-43,44-22-15-11-16-23-44)45-24-17-12-18-25-45;/h8-25,28-32,37-38H,33-36H2,1-6H3;/q+1;/b19-8+,40-9?,41-39?,42-32?;. The average molecular weight is 1110 g/mol. The molecular formula is C55H51N2OOsPS4+. The monoisotopic (exact) mass is 1110 g/mol. The molecule has 3 aromatic carbocycles. The molecule has 5 aromatic rings. The first-order chi connectivity index (χ1) is 31.2. The van der Waals surface area contributed by atoms with Gasteiger partial charge >= 0.3 is 307 Å². The number of rotatable bonds is 14. The van der Waals surface area contributed by atoms with Crippen LogP contribution in [0.5, 0.6) is 0 Å². The maximum atomic E-state index is 6.05. The zero-order chi connectivity index (χ0) is 44.6. The second kappa shape index (κ2) is 21.5. The normalized spacial score (nSPS) is 16.8. The van der Waals surface area contributed by atoms with Crippen molar-refractivity contribution < 1.29 is 22.7 Å². The first-order valence-corrected chi connectivity index (χ1v) is 28.3. The molecular weight excluding hydrogens is 1050 g/mol. The summed E-state index contributed by atoms with van der Waals surface area (Å²) < 4.78 is 9.88. The van der Waals surface area contributed by atoms with E-state index < -0.39 is 7.26 Å². The zero-order valence-corrected chi connectivity index (χ0v) is 43.7.